The van der Waals surface area contributed by atoms with Gasteiger partial charge in [-0.1, -0.05) is 43.6 Å². The molecule has 0 radical (unpaired) electrons. The van der Waals surface area contributed by atoms with E-state index < -0.39 is 12.5 Å². The van der Waals surface area contributed by atoms with Crippen molar-refractivity contribution in [1.82, 2.24) is 5.32 Å². The summed E-state index contributed by atoms with van der Waals surface area (Å²) >= 11 is 6.23. The van der Waals surface area contributed by atoms with Crippen LogP contribution >= 0.6 is 11.6 Å². The highest BCUT2D eigenvalue weighted by Crippen LogP contribution is 2.25. The van der Waals surface area contributed by atoms with Gasteiger partial charge in [0, 0.05) is 16.3 Å². The summed E-state index contributed by atoms with van der Waals surface area (Å²) in [5, 5.41) is 14.2. The average Bonchev–Trinajstić information content (AvgIpc) is 2.61. The fourth-order valence-corrected chi connectivity index (χ4v) is 2.87. The molecule has 0 aliphatic carbocycles. The second kappa shape index (κ2) is 9.19. The largest absolute Gasteiger partial charge is 0.480 e. The molecule has 142 valence electrons. The SMILES string of the molecule is CC(C)c1ccc(C(=O)Nc2ccc(CC(=O)NCC(=O)O)cc2)cc1Cl. The van der Waals surface area contributed by atoms with Crippen LogP contribution in [0, 0.1) is 0 Å². The number of anilines is 1. The van der Waals surface area contributed by atoms with Crippen LogP contribution in [0.1, 0.15) is 41.3 Å². The highest BCUT2D eigenvalue weighted by molar-refractivity contribution is 6.32. The second-order valence-corrected chi connectivity index (χ2v) is 6.80. The van der Waals surface area contributed by atoms with E-state index in [0.717, 1.165) is 5.56 Å². The lowest BCUT2D eigenvalue weighted by atomic mass is 10.0. The number of carbonyl (C=O) groups is 3. The third kappa shape index (κ3) is 6.11. The van der Waals surface area contributed by atoms with Gasteiger partial charge in [-0.15, -0.1) is 0 Å². The van der Waals surface area contributed by atoms with Crippen LogP contribution < -0.4 is 10.6 Å². The first-order valence-corrected chi connectivity index (χ1v) is 8.82. The Hall–Kier alpha value is -2.86. The Kier molecular flexibility index (Phi) is 6.96. The van der Waals surface area contributed by atoms with Crippen molar-refractivity contribution in [1.29, 1.82) is 0 Å². The second-order valence-electron chi connectivity index (χ2n) is 6.39. The quantitative estimate of drug-likeness (QED) is 0.676. The third-order valence-corrected chi connectivity index (χ3v) is 4.23. The first-order valence-electron chi connectivity index (χ1n) is 8.44. The van der Waals surface area contributed by atoms with Crippen LogP contribution in [-0.4, -0.2) is 29.4 Å². The maximum atomic E-state index is 12.4. The van der Waals surface area contributed by atoms with E-state index in [4.69, 9.17) is 16.7 Å². The third-order valence-electron chi connectivity index (χ3n) is 3.90. The lowest BCUT2D eigenvalue weighted by Gasteiger charge is -2.11. The van der Waals surface area contributed by atoms with E-state index in [1.54, 1.807) is 36.4 Å². The van der Waals surface area contributed by atoms with Crippen molar-refractivity contribution in [2.75, 3.05) is 11.9 Å². The van der Waals surface area contributed by atoms with E-state index in [2.05, 4.69) is 10.6 Å². The van der Waals surface area contributed by atoms with Gasteiger partial charge in [0.25, 0.3) is 5.91 Å². The Morgan fingerprint density at radius 3 is 2.30 bits per heavy atom. The molecule has 0 fully saturated rings. The van der Waals surface area contributed by atoms with Gasteiger partial charge in [-0.3, -0.25) is 14.4 Å². The van der Waals surface area contributed by atoms with Gasteiger partial charge in [0.1, 0.15) is 6.54 Å². The monoisotopic (exact) mass is 388 g/mol. The summed E-state index contributed by atoms with van der Waals surface area (Å²) < 4.78 is 0. The molecule has 0 heterocycles. The number of carboxylic acid groups (broad SMARTS) is 1. The Labute approximate surface area is 162 Å². The molecule has 0 saturated carbocycles. The highest BCUT2D eigenvalue weighted by Gasteiger charge is 2.11. The molecule has 6 nitrogen and oxygen atoms in total. The van der Waals surface area contributed by atoms with Gasteiger partial charge in [0.2, 0.25) is 5.91 Å². The maximum Gasteiger partial charge on any atom is 0.322 e. The number of benzene rings is 2. The summed E-state index contributed by atoms with van der Waals surface area (Å²) in [4.78, 5) is 34.4. The van der Waals surface area contributed by atoms with Crippen LogP contribution in [0.3, 0.4) is 0 Å². The van der Waals surface area contributed by atoms with E-state index in [0.29, 0.717) is 21.8 Å². The predicted octanol–water partition coefficient (Wildman–Crippen LogP) is 3.46. The number of halogens is 1. The van der Waals surface area contributed by atoms with Gasteiger partial charge in [0.15, 0.2) is 0 Å². The van der Waals surface area contributed by atoms with Gasteiger partial charge in [0.05, 0.1) is 6.42 Å². The minimum Gasteiger partial charge on any atom is -0.480 e. The van der Waals surface area contributed by atoms with E-state index >= 15 is 0 Å². The fraction of sp³-hybridized carbons (Fsp3) is 0.250. The number of amides is 2. The highest BCUT2D eigenvalue weighted by atomic mass is 35.5. The maximum absolute atomic E-state index is 12.4. The number of hydrogen-bond donors (Lipinski definition) is 3. The standard InChI is InChI=1S/C20H21ClN2O4/c1-12(2)16-8-5-14(10-17(16)21)20(27)23-15-6-3-13(4-7-15)9-18(24)22-11-19(25)26/h3-8,10,12H,9,11H2,1-2H3,(H,22,24)(H,23,27)(H,25,26). The lowest BCUT2D eigenvalue weighted by Crippen LogP contribution is -2.30. The molecule has 2 aromatic carbocycles. The molecule has 2 rings (SSSR count). The van der Waals surface area contributed by atoms with Crippen molar-refractivity contribution in [3.05, 3.63) is 64.2 Å². The topological polar surface area (TPSA) is 95.5 Å². The summed E-state index contributed by atoms with van der Waals surface area (Å²) in [6.45, 7) is 3.65. The van der Waals surface area contributed by atoms with Crippen LogP contribution in [0.5, 0.6) is 0 Å². The minimum atomic E-state index is -1.09. The summed E-state index contributed by atoms with van der Waals surface area (Å²) in [6, 6.07) is 12.0. The molecule has 3 N–H and O–H groups in total. The van der Waals surface area contributed by atoms with Gasteiger partial charge in [-0.25, -0.2) is 0 Å². The average molecular weight is 389 g/mol. The van der Waals surface area contributed by atoms with E-state index in [1.165, 1.54) is 0 Å². The van der Waals surface area contributed by atoms with Crippen molar-refractivity contribution >= 4 is 35.1 Å². The number of rotatable bonds is 7. The number of hydrogen-bond acceptors (Lipinski definition) is 3. The van der Waals surface area contributed by atoms with E-state index in [1.807, 2.05) is 19.9 Å². The van der Waals surface area contributed by atoms with E-state index in [-0.39, 0.29) is 24.2 Å². The minimum absolute atomic E-state index is 0.0633. The molecular formula is C20H21ClN2O4. The van der Waals surface area contributed by atoms with Gasteiger partial charge in [-0.2, -0.15) is 0 Å². The molecule has 0 aliphatic heterocycles. The molecular weight excluding hydrogens is 368 g/mol. The van der Waals surface area contributed by atoms with Crippen LogP contribution in [-0.2, 0) is 16.0 Å². The molecule has 0 aromatic heterocycles. The molecule has 2 amide bonds. The van der Waals surface area contributed by atoms with Crippen LogP contribution in [0.2, 0.25) is 5.02 Å². The molecule has 0 atom stereocenters. The summed E-state index contributed by atoms with van der Waals surface area (Å²) in [5.41, 5.74) is 2.74. The smallest absolute Gasteiger partial charge is 0.322 e. The van der Waals surface area contributed by atoms with Crippen LogP contribution in [0.15, 0.2) is 42.5 Å². The van der Waals surface area contributed by atoms with Crippen molar-refractivity contribution in [2.24, 2.45) is 0 Å². The van der Waals surface area contributed by atoms with Crippen molar-refractivity contribution in [2.45, 2.75) is 26.2 Å². The fourth-order valence-electron chi connectivity index (χ4n) is 2.47. The molecule has 0 spiro atoms. The van der Waals surface area contributed by atoms with Crippen LogP contribution in [0.25, 0.3) is 0 Å². The van der Waals surface area contributed by atoms with Crippen molar-refractivity contribution in [3.8, 4) is 0 Å². The zero-order chi connectivity index (χ0) is 20.0. The number of carboxylic acids is 1. The Balaban J connectivity index is 1.97. The first kappa shape index (κ1) is 20.5. The lowest BCUT2D eigenvalue weighted by molar-refractivity contribution is -0.137. The molecule has 7 heteroatoms. The zero-order valence-corrected chi connectivity index (χ0v) is 15.8. The number of carbonyl (C=O) groups excluding carboxylic acids is 2. The number of nitrogens with one attached hydrogen (secondary N) is 2. The van der Waals surface area contributed by atoms with E-state index in [9.17, 15) is 14.4 Å². The molecule has 2 aromatic rings. The van der Waals surface area contributed by atoms with Crippen molar-refractivity contribution < 1.29 is 19.5 Å². The van der Waals surface area contributed by atoms with Crippen LogP contribution in [0.4, 0.5) is 5.69 Å². The molecule has 0 aliphatic rings. The molecule has 0 saturated heterocycles. The summed E-state index contributed by atoms with van der Waals surface area (Å²) in [5.74, 6) is -1.48. The zero-order valence-electron chi connectivity index (χ0n) is 15.1. The molecule has 27 heavy (non-hydrogen) atoms. The number of aliphatic carboxylic acids is 1. The molecule has 0 bridgehead atoms. The van der Waals surface area contributed by atoms with Gasteiger partial charge >= 0.3 is 5.97 Å². The Bertz CT molecular complexity index is 848. The van der Waals surface area contributed by atoms with Gasteiger partial charge in [-0.05, 0) is 41.3 Å². The normalized spacial score (nSPS) is 10.5. The summed E-state index contributed by atoms with van der Waals surface area (Å²) in [6.07, 6.45) is 0.0633. The van der Waals surface area contributed by atoms with Crippen molar-refractivity contribution in [3.63, 3.8) is 0 Å². The Morgan fingerprint density at radius 1 is 1.07 bits per heavy atom. The van der Waals surface area contributed by atoms with Gasteiger partial charge < -0.3 is 15.7 Å². The summed E-state index contributed by atoms with van der Waals surface area (Å²) in [7, 11) is 0. The molecule has 0 unspecified atom stereocenters. The predicted molar refractivity (Wildman–Crippen MR) is 104 cm³/mol. The first-order chi connectivity index (χ1) is 12.8. The Morgan fingerprint density at radius 2 is 1.74 bits per heavy atom.